The highest BCUT2D eigenvalue weighted by molar-refractivity contribution is 5.78. The zero-order valence-corrected chi connectivity index (χ0v) is 11.3. The quantitative estimate of drug-likeness (QED) is 0.712. The van der Waals surface area contributed by atoms with Crippen LogP contribution in [0.3, 0.4) is 0 Å². The average Bonchev–Trinajstić information content (AvgIpc) is 2.40. The third-order valence-corrected chi connectivity index (χ3v) is 3.18. The Morgan fingerprint density at radius 1 is 1.37 bits per heavy atom. The Bertz CT molecular complexity index is 408. The molecule has 1 aromatic rings. The molecular formula is C14H20FNO3. The van der Waals surface area contributed by atoms with Crippen molar-refractivity contribution in [1.29, 1.82) is 0 Å². The monoisotopic (exact) mass is 269 g/mol. The van der Waals surface area contributed by atoms with Crippen molar-refractivity contribution in [3.8, 4) is 5.75 Å². The van der Waals surface area contributed by atoms with Gasteiger partial charge in [-0.05, 0) is 57.5 Å². The van der Waals surface area contributed by atoms with Crippen molar-refractivity contribution in [1.82, 2.24) is 5.32 Å². The number of likely N-dealkylation sites (N-methyl/N-ethyl adjacent to an activating group) is 1. The maximum absolute atomic E-state index is 12.7. The van der Waals surface area contributed by atoms with Crippen molar-refractivity contribution in [2.24, 2.45) is 0 Å². The number of nitrogens with one attached hydrogen (secondary N) is 1. The molecule has 0 radical (unpaired) electrons. The van der Waals surface area contributed by atoms with Crippen LogP contribution in [0.1, 0.15) is 26.2 Å². The summed E-state index contributed by atoms with van der Waals surface area (Å²) in [6, 6.07) is 5.84. The summed E-state index contributed by atoms with van der Waals surface area (Å²) in [5.41, 5.74) is -0.893. The van der Waals surface area contributed by atoms with Gasteiger partial charge in [0.25, 0.3) is 0 Å². The fourth-order valence-electron chi connectivity index (χ4n) is 1.64. The number of ether oxygens (including phenoxy) is 1. The van der Waals surface area contributed by atoms with Gasteiger partial charge in [-0.2, -0.15) is 0 Å². The van der Waals surface area contributed by atoms with Gasteiger partial charge in [0.15, 0.2) is 0 Å². The number of hydrogen-bond donors (Lipinski definition) is 2. The molecule has 0 heterocycles. The van der Waals surface area contributed by atoms with Crippen LogP contribution in [0.15, 0.2) is 24.3 Å². The second kappa shape index (κ2) is 7.09. The summed E-state index contributed by atoms with van der Waals surface area (Å²) >= 11 is 0. The first-order chi connectivity index (χ1) is 8.98. The Kier molecular flexibility index (Phi) is 5.76. The zero-order chi connectivity index (χ0) is 14.3. The van der Waals surface area contributed by atoms with Gasteiger partial charge in [0.2, 0.25) is 0 Å². The van der Waals surface area contributed by atoms with Crippen LogP contribution in [-0.2, 0) is 4.79 Å². The van der Waals surface area contributed by atoms with Crippen LogP contribution in [0.2, 0.25) is 0 Å². The molecule has 4 nitrogen and oxygen atoms in total. The molecule has 0 aliphatic carbocycles. The lowest BCUT2D eigenvalue weighted by Gasteiger charge is -2.23. The summed E-state index contributed by atoms with van der Waals surface area (Å²) in [6.07, 6.45) is 2.03. The number of carbonyl (C=O) groups is 1. The van der Waals surface area contributed by atoms with Crippen LogP contribution < -0.4 is 10.1 Å². The van der Waals surface area contributed by atoms with Crippen molar-refractivity contribution in [3.63, 3.8) is 0 Å². The summed E-state index contributed by atoms with van der Waals surface area (Å²) in [5.74, 6) is -0.524. The average molecular weight is 269 g/mol. The molecule has 0 aliphatic rings. The lowest BCUT2D eigenvalue weighted by Crippen LogP contribution is -2.47. The van der Waals surface area contributed by atoms with Crippen LogP contribution in [-0.4, -0.2) is 30.3 Å². The van der Waals surface area contributed by atoms with Crippen LogP contribution in [0.25, 0.3) is 0 Å². The van der Waals surface area contributed by atoms with E-state index in [-0.39, 0.29) is 5.82 Å². The molecule has 0 fully saturated rings. The molecule has 0 bridgehead atoms. The number of hydrogen-bond acceptors (Lipinski definition) is 3. The first-order valence-corrected chi connectivity index (χ1v) is 6.28. The minimum absolute atomic E-state index is 0.293. The third kappa shape index (κ3) is 4.87. The third-order valence-electron chi connectivity index (χ3n) is 3.18. The number of benzene rings is 1. The molecule has 0 aromatic heterocycles. The second-order valence-electron chi connectivity index (χ2n) is 4.65. The fourth-order valence-corrected chi connectivity index (χ4v) is 1.64. The predicted octanol–water partition coefficient (Wildman–Crippen LogP) is 2.44. The summed E-state index contributed by atoms with van der Waals surface area (Å²) < 4.78 is 18.1. The second-order valence-corrected chi connectivity index (χ2v) is 4.65. The van der Waals surface area contributed by atoms with Gasteiger partial charge in [0, 0.05) is 0 Å². The highest BCUT2D eigenvalue weighted by Crippen LogP contribution is 2.15. The molecular weight excluding hydrogens is 249 g/mol. The first-order valence-electron chi connectivity index (χ1n) is 6.28. The number of carboxylic acid groups (broad SMARTS) is 1. The molecule has 0 amide bonds. The maximum Gasteiger partial charge on any atom is 0.323 e. The smallest absolute Gasteiger partial charge is 0.323 e. The molecule has 19 heavy (non-hydrogen) atoms. The summed E-state index contributed by atoms with van der Waals surface area (Å²) in [7, 11) is 1.64. The minimum Gasteiger partial charge on any atom is -0.494 e. The van der Waals surface area contributed by atoms with E-state index in [1.807, 2.05) is 0 Å². The van der Waals surface area contributed by atoms with Crippen LogP contribution in [0.4, 0.5) is 4.39 Å². The fraction of sp³-hybridized carbons (Fsp3) is 0.500. The molecule has 0 spiro atoms. The molecule has 5 heteroatoms. The predicted molar refractivity (Wildman–Crippen MR) is 70.8 cm³/mol. The van der Waals surface area contributed by atoms with E-state index < -0.39 is 11.5 Å². The van der Waals surface area contributed by atoms with Crippen molar-refractivity contribution >= 4 is 5.97 Å². The number of rotatable bonds is 8. The van der Waals surface area contributed by atoms with Gasteiger partial charge in [0.1, 0.15) is 17.1 Å². The van der Waals surface area contributed by atoms with E-state index >= 15 is 0 Å². The van der Waals surface area contributed by atoms with Crippen molar-refractivity contribution in [3.05, 3.63) is 30.1 Å². The molecule has 1 atom stereocenters. The molecule has 1 unspecified atom stereocenters. The van der Waals surface area contributed by atoms with E-state index in [9.17, 15) is 9.18 Å². The first kappa shape index (κ1) is 15.4. The van der Waals surface area contributed by atoms with Crippen molar-refractivity contribution < 1.29 is 19.0 Å². The van der Waals surface area contributed by atoms with Gasteiger partial charge in [-0.1, -0.05) is 0 Å². The number of carboxylic acids is 1. The van der Waals surface area contributed by atoms with E-state index in [2.05, 4.69) is 5.32 Å². The van der Waals surface area contributed by atoms with Gasteiger partial charge < -0.3 is 15.2 Å². The Morgan fingerprint density at radius 2 is 2.00 bits per heavy atom. The normalized spacial score (nSPS) is 13.8. The highest BCUT2D eigenvalue weighted by Gasteiger charge is 2.29. The van der Waals surface area contributed by atoms with Gasteiger partial charge >= 0.3 is 5.97 Å². The van der Waals surface area contributed by atoms with E-state index in [1.165, 1.54) is 12.1 Å². The van der Waals surface area contributed by atoms with Gasteiger partial charge in [-0.15, -0.1) is 0 Å². The summed E-state index contributed by atoms with van der Waals surface area (Å²) in [6.45, 7) is 2.15. The number of unbranched alkanes of at least 4 members (excludes halogenated alkanes) is 1. The largest absolute Gasteiger partial charge is 0.494 e. The van der Waals surface area contributed by atoms with Crippen molar-refractivity contribution in [2.75, 3.05) is 13.7 Å². The molecule has 0 saturated carbocycles. The zero-order valence-electron chi connectivity index (χ0n) is 11.3. The van der Waals surface area contributed by atoms with Gasteiger partial charge in [-0.25, -0.2) is 4.39 Å². The number of aliphatic carboxylic acids is 1. The Labute approximate surface area is 112 Å². The minimum atomic E-state index is -0.893. The molecule has 2 N–H and O–H groups in total. The standard InChI is InChI=1S/C14H20FNO3/c1-14(16-2,13(17)18)9-3-4-10-19-12-7-5-11(15)6-8-12/h5-8,16H,3-4,9-10H2,1-2H3,(H,17,18). The lowest BCUT2D eigenvalue weighted by molar-refractivity contribution is -0.144. The Balaban J connectivity index is 2.24. The summed E-state index contributed by atoms with van der Waals surface area (Å²) in [4.78, 5) is 11.0. The van der Waals surface area contributed by atoms with E-state index in [1.54, 1.807) is 26.1 Å². The van der Waals surface area contributed by atoms with Gasteiger partial charge in [0.05, 0.1) is 6.61 Å². The Hall–Kier alpha value is -1.62. The van der Waals surface area contributed by atoms with Crippen LogP contribution in [0, 0.1) is 5.82 Å². The summed E-state index contributed by atoms with van der Waals surface area (Å²) in [5, 5.41) is 11.9. The lowest BCUT2D eigenvalue weighted by atomic mass is 9.95. The van der Waals surface area contributed by atoms with Gasteiger partial charge in [-0.3, -0.25) is 4.79 Å². The topological polar surface area (TPSA) is 58.6 Å². The maximum atomic E-state index is 12.7. The molecule has 1 aromatic carbocycles. The van der Waals surface area contributed by atoms with Crippen molar-refractivity contribution in [2.45, 2.75) is 31.7 Å². The SMILES string of the molecule is CNC(C)(CCCCOc1ccc(F)cc1)C(=O)O. The van der Waals surface area contributed by atoms with E-state index in [4.69, 9.17) is 9.84 Å². The molecule has 1 rings (SSSR count). The Morgan fingerprint density at radius 3 is 2.53 bits per heavy atom. The van der Waals surface area contributed by atoms with Crippen LogP contribution in [0.5, 0.6) is 5.75 Å². The van der Waals surface area contributed by atoms with E-state index in [0.29, 0.717) is 18.8 Å². The van der Waals surface area contributed by atoms with Crippen LogP contribution >= 0.6 is 0 Å². The highest BCUT2D eigenvalue weighted by atomic mass is 19.1. The molecule has 0 aliphatic heterocycles. The molecule has 106 valence electrons. The molecule has 0 saturated heterocycles. The van der Waals surface area contributed by atoms with E-state index in [0.717, 1.165) is 12.8 Å². The number of halogens is 1.